The van der Waals surface area contributed by atoms with Gasteiger partial charge in [0.2, 0.25) is 16.7 Å². The lowest BCUT2D eigenvalue weighted by molar-refractivity contribution is -0.345. The van der Waals surface area contributed by atoms with Crippen LogP contribution >= 0.6 is 11.8 Å². The molecule has 2 aromatic heterocycles. The molecule has 1 aromatic carbocycles. The van der Waals surface area contributed by atoms with Crippen LogP contribution in [-0.2, 0) is 12.7 Å². The minimum absolute atomic E-state index is 0.168. The number of fused-ring (bicyclic) bond motifs is 1. The number of H-pyrrole nitrogens is 1. The lowest BCUT2D eigenvalue weighted by Crippen LogP contribution is -2.42. The Morgan fingerprint density at radius 1 is 1.11 bits per heavy atom. The lowest BCUT2D eigenvalue weighted by atomic mass is 10.1. The molecule has 0 saturated carbocycles. The summed E-state index contributed by atoms with van der Waals surface area (Å²) in [6, 6.07) is 7.17. The number of nitrogens with one attached hydrogen (secondary N) is 2. The van der Waals surface area contributed by atoms with E-state index in [2.05, 4.69) is 15.2 Å². The second-order valence-electron chi connectivity index (χ2n) is 8.46. The van der Waals surface area contributed by atoms with E-state index in [-0.39, 0.29) is 11.2 Å². The first-order chi connectivity index (χ1) is 16.9. The highest BCUT2D eigenvalue weighted by Gasteiger charge is 2.31. The Bertz CT molecular complexity index is 1180. The number of unbranched alkanes of at least 4 members (excludes halogenated alkanes) is 2. The van der Waals surface area contributed by atoms with Gasteiger partial charge in [-0.3, -0.25) is 9.69 Å². The number of nitrogens with zero attached hydrogens (tertiary/aromatic N) is 1. The molecular weight excluding hydrogens is 479 g/mol. The molecule has 0 amide bonds. The fourth-order valence-corrected chi connectivity index (χ4v) is 5.01. The molecule has 0 unspecified atom stereocenters. The van der Waals surface area contributed by atoms with E-state index in [1.807, 2.05) is 6.07 Å². The zero-order valence-electron chi connectivity index (χ0n) is 19.3. The summed E-state index contributed by atoms with van der Waals surface area (Å²) in [6.45, 7) is 4.78. The number of alkyl halides is 3. The summed E-state index contributed by atoms with van der Waals surface area (Å²) < 4.78 is 50.0. The number of hydrogen-bond donors (Lipinski definition) is 1. The highest BCUT2D eigenvalue weighted by atomic mass is 32.2. The highest BCUT2D eigenvalue weighted by Crippen LogP contribution is 2.33. The molecule has 35 heavy (non-hydrogen) atoms. The topological polar surface area (TPSA) is 68.9 Å². The first-order valence-corrected chi connectivity index (χ1v) is 12.7. The number of thioether (sulfide) groups is 1. The monoisotopic (exact) mass is 508 g/mol. The number of rotatable bonds is 10. The molecule has 4 rings (SSSR count). The average molecular weight is 509 g/mol. The van der Waals surface area contributed by atoms with Crippen molar-refractivity contribution in [1.29, 1.82) is 0 Å². The number of ether oxygens (including phenoxy) is 1. The third-order valence-electron chi connectivity index (χ3n) is 5.83. The zero-order chi connectivity index (χ0) is 24.7. The smallest absolute Gasteiger partial charge is 0.416 e. The predicted molar refractivity (Wildman–Crippen MR) is 129 cm³/mol. The van der Waals surface area contributed by atoms with Gasteiger partial charge in [-0.05, 0) is 37.1 Å². The molecule has 0 radical (unpaired) electrons. The molecule has 6 nitrogen and oxygen atoms in total. The summed E-state index contributed by atoms with van der Waals surface area (Å²) in [6.07, 6.45) is 1.33. The van der Waals surface area contributed by atoms with E-state index in [9.17, 15) is 18.0 Å². The van der Waals surface area contributed by atoms with E-state index >= 15 is 0 Å². The van der Waals surface area contributed by atoms with Crippen LogP contribution in [0, 0.1) is 0 Å². The van der Waals surface area contributed by atoms with Crippen molar-refractivity contribution in [3.63, 3.8) is 0 Å². The van der Waals surface area contributed by atoms with E-state index in [0.29, 0.717) is 24.4 Å². The minimum Gasteiger partial charge on any atom is -0.487 e. The van der Waals surface area contributed by atoms with Crippen LogP contribution in [-0.4, -0.2) is 43.4 Å². The number of benzene rings is 1. The van der Waals surface area contributed by atoms with E-state index < -0.39 is 11.7 Å². The third kappa shape index (κ3) is 7.22. The molecular formula is C25H29F3N3O3S+. The van der Waals surface area contributed by atoms with Crippen molar-refractivity contribution in [3.8, 4) is 5.75 Å². The number of hydrogen-bond acceptors (Lipinski definition) is 6. The van der Waals surface area contributed by atoms with Crippen LogP contribution < -0.4 is 20.5 Å². The molecule has 1 fully saturated rings. The molecule has 3 aromatic rings. The van der Waals surface area contributed by atoms with Crippen LogP contribution in [0.2, 0.25) is 0 Å². The van der Waals surface area contributed by atoms with Crippen molar-refractivity contribution in [2.24, 2.45) is 0 Å². The zero-order valence-corrected chi connectivity index (χ0v) is 20.1. The van der Waals surface area contributed by atoms with Crippen molar-refractivity contribution in [2.75, 3.05) is 38.5 Å². The summed E-state index contributed by atoms with van der Waals surface area (Å²) in [5, 5.41) is 4.07. The van der Waals surface area contributed by atoms with Gasteiger partial charge < -0.3 is 14.5 Å². The molecule has 0 spiro atoms. The van der Waals surface area contributed by atoms with Gasteiger partial charge in [0.15, 0.2) is 6.20 Å². The number of piperazine rings is 1. The van der Waals surface area contributed by atoms with Crippen molar-refractivity contribution in [3.05, 3.63) is 64.3 Å². The summed E-state index contributed by atoms with van der Waals surface area (Å²) in [4.78, 5) is 18.4. The molecule has 10 heteroatoms. The van der Waals surface area contributed by atoms with Gasteiger partial charge in [-0.1, -0.05) is 0 Å². The Labute approximate surface area is 205 Å². The van der Waals surface area contributed by atoms with Crippen molar-refractivity contribution in [1.82, 2.24) is 10.2 Å². The van der Waals surface area contributed by atoms with Gasteiger partial charge in [0.1, 0.15) is 12.0 Å². The molecule has 0 aliphatic carbocycles. The van der Waals surface area contributed by atoms with E-state index in [0.717, 1.165) is 73.6 Å². The van der Waals surface area contributed by atoms with E-state index in [1.54, 1.807) is 18.0 Å². The summed E-state index contributed by atoms with van der Waals surface area (Å²) >= 11 is 1.62. The standard InChI is InChI=1S/C25H28F3N3O3S/c26-25(27,28)18-4-5-20-21(14-18)30-7-6-24(20)35-13-3-1-2-12-33-23-17-34-19(15-22(23)32)16-31-10-8-29-9-11-31/h4-7,14-15,17,29H,1-3,8-13,16H2/p+1. The van der Waals surface area contributed by atoms with Crippen LogP contribution in [0.15, 0.2) is 56.9 Å². The largest absolute Gasteiger partial charge is 0.487 e. The van der Waals surface area contributed by atoms with Gasteiger partial charge >= 0.3 is 6.18 Å². The first kappa shape index (κ1) is 25.5. The number of halogens is 3. The van der Waals surface area contributed by atoms with Gasteiger partial charge in [-0.2, -0.15) is 13.2 Å². The fraction of sp³-hybridized carbons (Fsp3) is 0.440. The van der Waals surface area contributed by atoms with Gasteiger partial charge in [-0.15, -0.1) is 11.8 Å². The number of pyridine rings is 1. The maximum atomic E-state index is 12.9. The normalized spacial score (nSPS) is 14.9. The van der Waals surface area contributed by atoms with Gasteiger partial charge in [0, 0.05) is 49.3 Å². The Morgan fingerprint density at radius 2 is 1.94 bits per heavy atom. The number of aromatic amines is 1. The summed E-state index contributed by atoms with van der Waals surface area (Å²) in [5.41, 5.74) is -0.360. The first-order valence-electron chi connectivity index (χ1n) is 11.7. The van der Waals surface area contributed by atoms with Gasteiger partial charge in [0.25, 0.3) is 0 Å². The second-order valence-corrected chi connectivity index (χ2v) is 9.60. The Balaban J connectivity index is 1.18. The maximum absolute atomic E-state index is 12.9. The summed E-state index contributed by atoms with van der Waals surface area (Å²) in [5.74, 6) is 1.71. The molecule has 2 N–H and O–H groups in total. The molecule has 188 valence electrons. The van der Waals surface area contributed by atoms with Crippen LogP contribution in [0.4, 0.5) is 13.2 Å². The van der Waals surface area contributed by atoms with Crippen molar-refractivity contribution >= 4 is 22.7 Å². The molecule has 1 aliphatic rings. The Morgan fingerprint density at radius 3 is 2.71 bits per heavy atom. The molecule has 0 bridgehead atoms. The molecule has 1 saturated heterocycles. The van der Waals surface area contributed by atoms with Crippen molar-refractivity contribution < 1.29 is 27.3 Å². The molecule has 1 aliphatic heterocycles. The second kappa shape index (κ2) is 11.9. The van der Waals surface area contributed by atoms with Crippen molar-refractivity contribution in [2.45, 2.75) is 36.9 Å². The Hall–Kier alpha value is -2.56. The third-order valence-corrected chi connectivity index (χ3v) is 6.99. The maximum Gasteiger partial charge on any atom is 0.416 e. The van der Waals surface area contributed by atoms with Crippen LogP contribution in [0.1, 0.15) is 30.6 Å². The van der Waals surface area contributed by atoms with Crippen LogP contribution in [0.3, 0.4) is 0 Å². The van der Waals surface area contributed by atoms with Gasteiger partial charge in [-0.25, -0.2) is 4.98 Å². The van der Waals surface area contributed by atoms with E-state index in [4.69, 9.17) is 9.15 Å². The van der Waals surface area contributed by atoms with Crippen LogP contribution in [0.5, 0.6) is 5.75 Å². The fourth-order valence-electron chi connectivity index (χ4n) is 3.94. The predicted octanol–water partition coefficient (Wildman–Crippen LogP) is 4.37. The minimum atomic E-state index is -4.36. The average Bonchev–Trinajstić information content (AvgIpc) is 2.84. The summed E-state index contributed by atoms with van der Waals surface area (Å²) in [7, 11) is 0. The SMILES string of the molecule is O=c1cc(CN2CCNCC2)occ1OCCCCCSc1cc[nH+]c2cc(C(F)(F)F)ccc12. The van der Waals surface area contributed by atoms with Crippen LogP contribution in [0.25, 0.3) is 10.9 Å². The van der Waals surface area contributed by atoms with Gasteiger partial charge in [0.05, 0.1) is 24.1 Å². The number of aromatic nitrogens is 1. The highest BCUT2D eigenvalue weighted by molar-refractivity contribution is 7.99. The lowest BCUT2D eigenvalue weighted by Gasteiger charge is -2.26. The molecule has 0 atom stereocenters. The Kier molecular flexibility index (Phi) is 8.69. The van der Waals surface area contributed by atoms with E-state index in [1.165, 1.54) is 18.4 Å². The molecule has 3 heterocycles. The quantitative estimate of drug-likeness (QED) is 0.324.